The van der Waals surface area contributed by atoms with Crippen LogP contribution in [0.15, 0.2) is 53.5 Å². The molecule has 31 heavy (non-hydrogen) atoms. The number of nitrogens with zero attached hydrogens (tertiary/aromatic N) is 2. The van der Waals surface area contributed by atoms with E-state index in [9.17, 15) is 19.2 Å². The van der Waals surface area contributed by atoms with E-state index in [0.717, 1.165) is 10.1 Å². The van der Waals surface area contributed by atoms with Gasteiger partial charge in [0.15, 0.2) is 0 Å². The van der Waals surface area contributed by atoms with Gasteiger partial charge in [0.05, 0.1) is 18.7 Å². The number of carbonyl (C=O) groups excluding carboxylic acids is 3. The fraction of sp³-hybridized carbons (Fsp3) is 0.364. The number of nitrogens with one attached hydrogen (secondary N) is 1. The topological polar surface area (TPSA) is 107 Å². The van der Waals surface area contributed by atoms with Gasteiger partial charge in [0.1, 0.15) is 13.2 Å². The average molecular weight is 427 g/mol. The number of methoxy groups -OCH3 is 1. The molecule has 9 heteroatoms. The van der Waals surface area contributed by atoms with Gasteiger partial charge in [-0.25, -0.2) is 4.79 Å². The number of likely N-dealkylation sites (tertiary alicyclic amines) is 1. The Labute approximate surface area is 179 Å². The maximum Gasteiger partial charge on any atom is 0.410 e. The minimum Gasteiger partial charge on any atom is -0.468 e. The molecule has 1 aliphatic heterocycles. The molecule has 1 N–H and O–H groups in total. The number of hydrogen-bond acceptors (Lipinski definition) is 6. The molecule has 1 fully saturated rings. The number of carbonyl (C=O) groups is 3. The molecule has 0 saturated carbocycles. The average Bonchev–Trinajstić information content (AvgIpc) is 2.80. The number of esters is 1. The van der Waals surface area contributed by atoms with Gasteiger partial charge in [0, 0.05) is 25.4 Å². The van der Waals surface area contributed by atoms with Crippen molar-refractivity contribution in [3.05, 3.63) is 64.6 Å². The second-order valence-electron chi connectivity index (χ2n) is 7.27. The fourth-order valence-electron chi connectivity index (χ4n) is 3.34. The molecule has 9 nitrogen and oxygen atoms in total. The highest BCUT2D eigenvalue weighted by molar-refractivity contribution is 5.92. The Balaban J connectivity index is 1.57. The Morgan fingerprint density at radius 1 is 1.13 bits per heavy atom. The molecule has 1 aromatic carbocycles. The van der Waals surface area contributed by atoms with E-state index in [1.54, 1.807) is 0 Å². The van der Waals surface area contributed by atoms with E-state index in [-0.39, 0.29) is 31.2 Å². The van der Waals surface area contributed by atoms with Crippen LogP contribution in [-0.4, -0.2) is 47.6 Å². The van der Waals surface area contributed by atoms with Crippen molar-refractivity contribution in [2.45, 2.75) is 26.0 Å². The Bertz CT molecular complexity index is 988. The van der Waals surface area contributed by atoms with Crippen LogP contribution in [0.3, 0.4) is 0 Å². The van der Waals surface area contributed by atoms with Crippen LogP contribution in [0.4, 0.5) is 10.5 Å². The molecule has 1 aliphatic rings. The Morgan fingerprint density at radius 2 is 1.90 bits per heavy atom. The summed E-state index contributed by atoms with van der Waals surface area (Å²) in [7, 11) is 1.23. The third kappa shape index (κ3) is 6.18. The van der Waals surface area contributed by atoms with Crippen LogP contribution in [0.25, 0.3) is 0 Å². The van der Waals surface area contributed by atoms with Gasteiger partial charge in [-0.2, -0.15) is 0 Å². The molecule has 0 aliphatic carbocycles. The van der Waals surface area contributed by atoms with Gasteiger partial charge in [-0.05, 0) is 24.5 Å². The zero-order valence-electron chi connectivity index (χ0n) is 17.3. The first-order chi connectivity index (χ1) is 15.0. The molecular weight excluding hydrogens is 402 g/mol. The van der Waals surface area contributed by atoms with Crippen LogP contribution in [0, 0.1) is 5.92 Å². The van der Waals surface area contributed by atoms with Crippen molar-refractivity contribution in [2.75, 3.05) is 25.5 Å². The monoisotopic (exact) mass is 427 g/mol. The lowest BCUT2D eigenvalue weighted by molar-refractivity contribution is -0.141. The van der Waals surface area contributed by atoms with Gasteiger partial charge in [0.25, 0.3) is 5.56 Å². The Hall–Kier alpha value is -3.62. The van der Waals surface area contributed by atoms with E-state index in [1.165, 1.54) is 30.3 Å². The number of hydrogen-bond donors (Lipinski definition) is 1. The third-order valence-electron chi connectivity index (χ3n) is 5.03. The number of aromatic nitrogens is 1. The van der Waals surface area contributed by atoms with Gasteiger partial charge >= 0.3 is 12.1 Å². The van der Waals surface area contributed by atoms with E-state index in [2.05, 4.69) is 10.1 Å². The summed E-state index contributed by atoms with van der Waals surface area (Å²) in [6, 6.07) is 12.1. The van der Waals surface area contributed by atoms with Crippen LogP contribution in [0.1, 0.15) is 18.4 Å². The number of ether oxygens (including phenoxy) is 2. The van der Waals surface area contributed by atoms with Gasteiger partial charge < -0.3 is 24.3 Å². The third-order valence-corrected chi connectivity index (χ3v) is 5.03. The molecule has 2 amide bonds. The molecule has 0 spiro atoms. The van der Waals surface area contributed by atoms with Crippen molar-refractivity contribution in [3.63, 3.8) is 0 Å². The van der Waals surface area contributed by atoms with Gasteiger partial charge in [-0.15, -0.1) is 0 Å². The van der Waals surface area contributed by atoms with E-state index >= 15 is 0 Å². The number of piperidine rings is 1. The lowest BCUT2D eigenvalue weighted by Crippen LogP contribution is -2.44. The zero-order chi connectivity index (χ0) is 22.2. The standard InChI is InChI=1S/C22H25N3O6/c1-30-20(27)14-25-13-18(9-10-19(25)26)23-21(28)17-8-5-11-24(12-17)22(29)31-15-16-6-3-2-4-7-16/h2-4,6-7,9-10,13,17H,5,8,11-12,14-15H2,1H3,(H,23,28)/t17-/m0/s1. The second kappa shape index (κ2) is 10.4. The van der Waals surface area contributed by atoms with Crippen molar-refractivity contribution >= 4 is 23.7 Å². The quantitative estimate of drug-likeness (QED) is 0.707. The lowest BCUT2D eigenvalue weighted by Gasteiger charge is -2.31. The van der Waals surface area contributed by atoms with E-state index in [4.69, 9.17) is 4.74 Å². The predicted octanol–water partition coefficient (Wildman–Crippen LogP) is 2.01. The van der Waals surface area contributed by atoms with E-state index in [1.807, 2.05) is 30.3 Å². The summed E-state index contributed by atoms with van der Waals surface area (Å²) in [5, 5.41) is 2.76. The highest BCUT2D eigenvalue weighted by atomic mass is 16.6. The van der Waals surface area contributed by atoms with E-state index < -0.39 is 18.0 Å². The van der Waals surface area contributed by atoms with Crippen molar-refractivity contribution in [1.82, 2.24) is 9.47 Å². The molecule has 0 unspecified atom stereocenters. The van der Waals surface area contributed by atoms with Crippen molar-refractivity contribution in [3.8, 4) is 0 Å². The highest BCUT2D eigenvalue weighted by Gasteiger charge is 2.29. The summed E-state index contributed by atoms with van der Waals surface area (Å²) < 4.78 is 11.1. The van der Waals surface area contributed by atoms with Crippen molar-refractivity contribution in [1.29, 1.82) is 0 Å². The van der Waals surface area contributed by atoms with Gasteiger partial charge in [-0.3, -0.25) is 14.4 Å². The lowest BCUT2D eigenvalue weighted by atomic mass is 9.97. The number of anilines is 1. The molecule has 0 radical (unpaired) electrons. The zero-order valence-corrected chi connectivity index (χ0v) is 17.3. The molecule has 1 atom stereocenters. The number of rotatable bonds is 6. The summed E-state index contributed by atoms with van der Waals surface area (Å²) in [5.41, 5.74) is 0.898. The molecule has 1 aromatic heterocycles. The highest BCUT2D eigenvalue weighted by Crippen LogP contribution is 2.19. The maximum absolute atomic E-state index is 12.7. The summed E-state index contributed by atoms with van der Waals surface area (Å²) in [4.78, 5) is 50.0. The summed E-state index contributed by atoms with van der Waals surface area (Å²) in [6.45, 7) is 0.709. The molecule has 164 valence electrons. The van der Waals surface area contributed by atoms with Crippen LogP contribution < -0.4 is 10.9 Å². The maximum atomic E-state index is 12.7. The minimum atomic E-state index is -0.567. The van der Waals surface area contributed by atoms with E-state index in [0.29, 0.717) is 25.1 Å². The molecule has 2 heterocycles. The predicted molar refractivity (Wildman–Crippen MR) is 112 cm³/mol. The van der Waals surface area contributed by atoms with Crippen LogP contribution >= 0.6 is 0 Å². The second-order valence-corrected chi connectivity index (χ2v) is 7.27. The van der Waals surface area contributed by atoms with Crippen LogP contribution in [-0.2, 0) is 32.2 Å². The van der Waals surface area contributed by atoms with Gasteiger partial charge in [0.2, 0.25) is 5.91 Å². The normalized spacial score (nSPS) is 15.8. The van der Waals surface area contributed by atoms with Crippen molar-refractivity contribution < 1.29 is 23.9 Å². The molecule has 0 bridgehead atoms. The smallest absolute Gasteiger partial charge is 0.410 e. The first-order valence-electron chi connectivity index (χ1n) is 10.00. The first kappa shape index (κ1) is 22.1. The van der Waals surface area contributed by atoms with Gasteiger partial charge in [-0.1, -0.05) is 30.3 Å². The molecule has 3 rings (SSSR count). The largest absolute Gasteiger partial charge is 0.468 e. The summed E-state index contributed by atoms with van der Waals surface area (Å²) >= 11 is 0. The fourth-order valence-corrected chi connectivity index (χ4v) is 3.34. The molecule has 2 aromatic rings. The number of pyridine rings is 1. The number of amides is 2. The molecule has 1 saturated heterocycles. The Morgan fingerprint density at radius 3 is 2.65 bits per heavy atom. The first-order valence-corrected chi connectivity index (χ1v) is 10.00. The summed E-state index contributed by atoms with van der Waals surface area (Å²) in [5.74, 6) is -1.23. The van der Waals surface area contributed by atoms with Crippen LogP contribution in [0.2, 0.25) is 0 Å². The Kier molecular flexibility index (Phi) is 7.42. The van der Waals surface area contributed by atoms with Crippen molar-refractivity contribution in [2.24, 2.45) is 5.92 Å². The summed E-state index contributed by atoms with van der Waals surface area (Å²) in [6.07, 6.45) is 2.26. The number of benzene rings is 1. The minimum absolute atomic E-state index is 0.175. The SMILES string of the molecule is COC(=O)Cn1cc(NC(=O)[C@H]2CCCN(C(=O)OCc3ccccc3)C2)ccc1=O. The van der Waals surface area contributed by atoms with Crippen LogP contribution in [0.5, 0.6) is 0 Å². The molecular formula is C22H25N3O6.